The van der Waals surface area contributed by atoms with Gasteiger partial charge in [0.25, 0.3) is 0 Å². The molecular formula is C14H16ClNO. The van der Waals surface area contributed by atoms with Gasteiger partial charge in [0, 0.05) is 23.8 Å². The molecule has 0 aliphatic rings. The molecule has 0 amide bonds. The van der Waals surface area contributed by atoms with Gasteiger partial charge in [0.15, 0.2) is 0 Å². The molecule has 2 nitrogen and oxygen atoms in total. The molecule has 0 saturated heterocycles. The van der Waals surface area contributed by atoms with Gasteiger partial charge >= 0.3 is 0 Å². The summed E-state index contributed by atoms with van der Waals surface area (Å²) in [6.45, 7) is 2.71. The van der Waals surface area contributed by atoms with Crippen LogP contribution in [0.4, 0.5) is 0 Å². The SMILES string of the molecule is CCCc1cc(Cl)c2cccc(COC)c2n1. The third-order valence-corrected chi connectivity index (χ3v) is 3.04. The lowest BCUT2D eigenvalue weighted by atomic mass is 10.1. The van der Waals surface area contributed by atoms with Crippen LogP contribution in [0, 0.1) is 0 Å². The van der Waals surface area contributed by atoms with Gasteiger partial charge in [0.2, 0.25) is 0 Å². The van der Waals surface area contributed by atoms with Crippen molar-refractivity contribution in [1.29, 1.82) is 0 Å². The van der Waals surface area contributed by atoms with Crippen molar-refractivity contribution in [2.24, 2.45) is 0 Å². The number of fused-ring (bicyclic) bond motifs is 1. The van der Waals surface area contributed by atoms with Gasteiger partial charge in [0.1, 0.15) is 0 Å². The van der Waals surface area contributed by atoms with E-state index in [1.807, 2.05) is 24.3 Å². The Bertz CT molecular complexity index is 525. The molecule has 0 saturated carbocycles. The number of hydrogen-bond acceptors (Lipinski definition) is 2. The number of benzene rings is 1. The molecule has 0 radical (unpaired) electrons. The molecule has 0 aliphatic heterocycles. The van der Waals surface area contributed by atoms with Crippen molar-refractivity contribution >= 4 is 22.5 Å². The van der Waals surface area contributed by atoms with Crippen molar-refractivity contribution in [2.45, 2.75) is 26.4 Å². The van der Waals surface area contributed by atoms with Crippen molar-refractivity contribution in [1.82, 2.24) is 4.98 Å². The molecule has 0 atom stereocenters. The first-order valence-corrected chi connectivity index (χ1v) is 6.20. The maximum atomic E-state index is 6.29. The first kappa shape index (κ1) is 12.3. The second-order valence-electron chi connectivity index (χ2n) is 4.09. The first-order valence-electron chi connectivity index (χ1n) is 5.82. The van der Waals surface area contributed by atoms with Crippen LogP contribution in [-0.4, -0.2) is 12.1 Å². The van der Waals surface area contributed by atoms with Gasteiger partial charge in [-0.1, -0.05) is 43.1 Å². The summed E-state index contributed by atoms with van der Waals surface area (Å²) in [6, 6.07) is 7.98. The third-order valence-electron chi connectivity index (χ3n) is 2.73. The molecule has 17 heavy (non-hydrogen) atoms. The summed E-state index contributed by atoms with van der Waals surface area (Å²) in [5.41, 5.74) is 3.10. The van der Waals surface area contributed by atoms with Crippen molar-refractivity contribution in [3.8, 4) is 0 Å². The van der Waals surface area contributed by atoms with Crippen LogP contribution in [0.1, 0.15) is 24.6 Å². The number of rotatable bonds is 4. The number of pyridine rings is 1. The highest BCUT2D eigenvalue weighted by molar-refractivity contribution is 6.35. The van der Waals surface area contributed by atoms with Crippen LogP contribution in [0.3, 0.4) is 0 Å². The molecule has 0 spiro atoms. The molecule has 0 unspecified atom stereocenters. The molecule has 1 aromatic carbocycles. The molecule has 2 rings (SSSR count). The predicted octanol–water partition coefficient (Wildman–Crippen LogP) is 3.99. The van der Waals surface area contributed by atoms with E-state index < -0.39 is 0 Å². The van der Waals surface area contributed by atoms with Crippen LogP contribution in [0.2, 0.25) is 5.02 Å². The quantitative estimate of drug-likeness (QED) is 0.818. The predicted molar refractivity (Wildman–Crippen MR) is 71.5 cm³/mol. The van der Waals surface area contributed by atoms with E-state index in [1.54, 1.807) is 7.11 Å². The lowest BCUT2D eigenvalue weighted by molar-refractivity contribution is 0.186. The van der Waals surface area contributed by atoms with Crippen LogP contribution in [-0.2, 0) is 17.8 Å². The highest BCUT2D eigenvalue weighted by Gasteiger charge is 2.07. The Kier molecular flexibility index (Phi) is 3.97. The Labute approximate surface area is 107 Å². The maximum Gasteiger partial charge on any atom is 0.0775 e. The molecule has 3 heteroatoms. The third kappa shape index (κ3) is 2.59. The number of ether oxygens (including phenoxy) is 1. The number of halogens is 1. The lowest BCUT2D eigenvalue weighted by Gasteiger charge is -2.08. The number of aromatic nitrogens is 1. The molecule has 2 aromatic rings. The van der Waals surface area contributed by atoms with Gasteiger partial charge in [-0.2, -0.15) is 0 Å². The summed E-state index contributed by atoms with van der Waals surface area (Å²) >= 11 is 6.29. The fourth-order valence-corrected chi connectivity index (χ4v) is 2.25. The first-order chi connectivity index (χ1) is 8.26. The summed E-state index contributed by atoms with van der Waals surface area (Å²) in [5.74, 6) is 0. The van der Waals surface area contributed by atoms with E-state index in [2.05, 4.69) is 11.9 Å². The van der Waals surface area contributed by atoms with Crippen molar-refractivity contribution in [3.63, 3.8) is 0 Å². The molecule has 1 aromatic heterocycles. The zero-order valence-corrected chi connectivity index (χ0v) is 10.9. The minimum atomic E-state index is 0.566. The fraction of sp³-hybridized carbons (Fsp3) is 0.357. The van der Waals surface area contributed by atoms with Crippen molar-refractivity contribution < 1.29 is 4.74 Å². The van der Waals surface area contributed by atoms with Crippen molar-refractivity contribution in [2.75, 3.05) is 7.11 Å². The number of nitrogens with zero attached hydrogens (tertiary/aromatic N) is 1. The van der Waals surface area contributed by atoms with E-state index >= 15 is 0 Å². The molecule has 0 aliphatic carbocycles. The van der Waals surface area contributed by atoms with Gasteiger partial charge in [-0.25, -0.2) is 0 Å². The average molecular weight is 250 g/mol. The minimum Gasteiger partial charge on any atom is -0.380 e. The van der Waals surface area contributed by atoms with E-state index in [0.717, 1.165) is 40.0 Å². The van der Waals surface area contributed by atoms with Gasteiger partial charge in [-0.05, 0) is 12.5 Å². The van der Waals surface area contributed by atoms with E-state index in [1.165, 1.54) is 0 Å². The monoisotopic (exact) mass is 249 g/mol. The summed E-state index contributed by atoms with van der Waals surface area (Å²) in [5, 5.41) is 1.78. The van der Waals surface area contributed by atoms with Crippen molar-refractivity contribution in [3.05, 3.63) is 40.5 Å². The van der Waals surface area contributed by atoms with Crippen LogP contribution in [0.15, 0.2) is 24.3 Å². The number of para-hydroxylation sites is 1. The van der Waals surface area contributed by atoms with Crippen LogP contribution >= 0.6 is 11.6 Å². The Hall–Kier alpha value is -1.12. The molecule has 90 valence electrons. The molecule has 1 heterocycles. The highest BCUT2D eigenvalue weighted by Crippen LogP contribution is 2.26. The maximum absolute atomic E-state index is 6.29. The lowest BCUT2D eigenvalue weighted by Crippen LogP contribution is -1.96. The summed E-state index contributed by atoms with van der Waals surface area (Å²) in [7, 11) is 1.69. The smallest absolute Gasteiger partial charge is 0.0775 e. The number of aryl methyl sites for hydroxylation is 1. The average Bonchev–Trinajstić information content (AvgIpc) is 2.31. The standard InChI is InChI=1S/C14H16ClNO/c1-3-5-11-8-13(15)12-7-4-6-10(9-17-2)14(12)16-11/h4,6-8H,3,5,9H2,1-2H3. The van der Waals surface area contributed by atoms with Crippen LogP contribution in [0.5, 0.6) is 0 Å². The largest absolute Gasteiger partial charge is 0.380 e. The molecule has 0 N–H and O–H groups in total. The Balaban J connectivity index is 2.60. The van der Waals surface area contributed by atoms with Gasteiger partial charge in [-0.15, -0.1) is 0 Å². The zero-order valence-electron chi connectivity index (χ0n) is 10.2. The second-order valence-corrected chi connectivity index (χ2v) is 4.50. The number of methoxy groups -OCH3 is 1. The van der Waals surface area contributed by atoms with E-state index in [0.29, 0.717) is 6.61 Å². The van der Waals surface area contributed by atoms with Gasteiger partial charge in [-0.3, -0.25) is 4.98 Å². The Morgan fingerprint density at radius 3 is 2.88 bits per heavy atom. The fourth-order valence-electron chi connectivity index (χ4n) is 1.97. The molecule has 0 fully saturated rings. The van der Waals surface area contributed by atoms with E-state index in [4.69, 9.17) is 16.3 Å². The minimum absolute atomic E-state index is 0.566. The van der Waals surface area contributed by atoms with E-state index in [-0.39, 0.29) is 0 Å². The normalized spacial score (nSPS) is 11.0. The van der Waals surface area contributed by atoms with E-state index in [9.17, 15) is 0 Å². The number of hydrogen-bond donors (Lipinski definition) is 0. The highest BCUT2D eigenvalue weighted by atomic mass is 35.5. The van der Waals surface area contributed by atoms with Crippen LogP contribution < -0.4 is 0 Å². The second kappa shape index (κ2) is 5.48. The Morgan fingerprint density at radius 1 is 1.35 bits per heavy atom. The summed E-state index contributed by atoms with van der Waals surface area (Å²) in [6.07, 6.45) is 2.03. The van der Waals surface area contributed by atoms with Gasteiger partial charge in [0.05, 0.1) is 17.1 Å². The zero-order chi connectivity index (χ0) is 12.3. The van der Waals surface area contributed by atoms with Crippen LogP contribution in [0.25, 0.3) is 10.9 Å². The topological polar surface area (TPSA) is 22.1 Å². The summed E-state index contributed by atoms with van der Waals surface area (Å²) < 4.78 is 5.19. The summed E-state index contributed by atoms with van der Waals surface area (Å²) in [4.78, 5) is 4.68. The Morgan fingerprint density at radius 2 is 2.18 bits per heavy atom. The van der Waals surface area contributed by atoms with Gasteiger partial charge < -0.3 is 4.74 Å². The molecule has 0 bridgehead atoms. The molecular weight excluding hydrogens is 234 g/mol.